The van der Waals surface area contributed by atoms with Gasteiger partial charge in [0.15, 0.2) is 0 Å². The second-order valence-corrected chi connectivity index (χ2v) is 4.94. The van der Waals surface area contributed by atoms with Crippen LogP contribution in [-0.4, -0.2) is 38.3 Å². The monoisotopic (exact) mass is 242 g/mol. The van der Waals surface area contributed by atoms with Crippen LogP contribution in [0, 0.1) is 5.92 Å². The minimum Gasteiger partial charge on any atom is -0.379 e. The van der Waals surface area contributed by atoms with Gasteiger partial charge in [-0.3, -0.25) is 4.79 Å². The van der Waals surface area contributed by atoms with Crippen molar-refractivity contribution in [2.45, 2.75) is 45.6 Å². The van der Waals surface area contributed by atoms with Crippen LogP contribution in [0.5, 0.6) is 0 Å². The van der Waals surface area contributed by atoms with E-state index in [2.05, 4.69) is 10.6 Å². The molecule has 0 unspecified atom stereocenters. The number of carbonyl (C=O) groups excluding carboxylic acids is 1. The Morgan fingerprint density at radius 2 is 2.06 bits per heavy atom. The van der Waals surface area contributed by atoms with Crippen molar-refractivity contribution in [3.8, 4) is 0 Å². The number of hydrogen-bond donors (Lipinski definition) is 2. The zero-order valence-corrected chi connectivity index (χ0v) is 11.1. The molecule has 0 atom stereocenters. The molecule has 0 bridgehead atoms. The summed E-state index contributed by atoms with van der Waals surface area (Å²) >= 11 is 0. The van der Waals surface area contributed by atoms with Gasteiger partial charge in [-0.1, -0.05) is 0 Å². The lowest BCUT2D eigenvalue weighted by Gasteiger charge is -2.21. The van der Waals surface area contributed by atoms with Crippen LogP contribution in [0.25, 0.3) is 0 Å². The Morgan fingerprint density at radius 3 is 2.71 bits per heavy atom. The third-order valence-corrected chi connectivity index (χ3v) is 3.03. The van der Waals surface area contributed by atoms with Crippen molar-refractivity contribution in [2.75, 3.05) is 26.2 Å². The fourth-order valence-corrected chi connectivity index (χ4v) is 1.99. The zero-order valence-electron chi connectivity index (χ0n) is 11.1. The molecule has 1 heterocycles. The van der Waals surface area contributed by atoms with Crippen LogP contribution in [0.1, 0.15) is 39.5 Å². The van der Waals surface area contributed by atoms with Gasteiger partial charge in [0.2, 0.25) is 5.91 Å². The van der Waals surface area contributed by atoms with E-state index in [-0.39, 0.29) is 11.8 Å². The van der Waals surface area contributed by atoms with E-state index in [0.717, 1.165) is 51.9 Å². The lowest BCUT2D eigenvalue weighted by atomic mass is 9.97. The van der Waals surface area contributed by atoms with Crippen LogP contribution in [0.2, 0.25) is 0 Å². The number of amides is 1. The van der Waals surface area contributed by atoms with Gasteiger partial charge in [0, 0.05) is 19.1 Å². The normalized spacial score (nSPS) is 17.4. The molecule has 4 nitrogen and oxygen atoms in total. The maximum atomic E-state index is 11.8. The van der Waals surface area contributed by atoms with E-state index in [1.807, 2.05) is 13.8 Å². The van der Waals surface area contributed by atoms with E-state index in [4.69, 9.17) is 4.74 Å². The smallest absolute Gasteiger partial charge is 0.223 e. The predicted molar refractivity (Wildman–Crippen MR) is 68.9 cm³/mol. The summed E-state index contributed by atoms with van der Waals surface area (Å²) in [5.74, 6) is 0.458. The minimum atomic E-state index is 0.225. The molecule has 0 radical (unpaired) electrons. The first kappa shape index (κ1) is 14.5. The molecule has 0 spiro atoms. The number of ether oxygens (including phenoxy) is 1. The van der Waals surface area contributed by atoms with Gasteiger partial charge < -0.3 is 15.4 Å². The zero-order chi connectivity index (χ0) is 12.5. The van der Waals surface area contributed by atoms with Crippen LogP contribution < -0.4 is 10.6 Å². The van der Waals surface area contributed by atoms with Gasteiger partial charge in [0.05, 0.1) is 6.10 Å². The van der Waals surface area contributed by atoms with Gasteiger partial charge in [0.25, 0.3) is 0 Å². The molecule has 0 saturated carbocycles. The third kappa shape index (κ3) is 6.64. The van der Waals surface area contributed by atoms with Gasteiger partial charge in [-0.2, -0.15) is 0 Å². The van der Waals surface area contributed by atoms with Crippen molar-refractivity contribution < 1.29 is 9.53 Å². The Morgan fingerprint density at radius 1 is 1.35 bits per heavy atom. The first-order chi connectivity index (χ1) is 8.20. The number of rotatable bonds is 7. The highest BCUT2D eigenvalue weighted by molar-refractivity contribution is 5.78. The van der Waals surface area contributed by atoms with Crippen molar-refractivity contribution in [2.24, 2.45) is 5.92 Å². The molecule has 1 fully saturated rings. The molecule has 0 aromatic carbocycles. The number of hydrogen-bond acceptors (Lipinski definition) is 3. The standard InChI is InChI=1S/C13H26N2O2/c1-11(2)17-10-4-3-7-15-13(16)12-5-8-14-9-6-12/h11-12,14H,3-10H2,1-2H3,(H,15,16). The fraction of sp³-hybridized carbons (Fsp3) is 0.923. The highest BCUT2D eigenvalue weighted by Gasteiger charge is 2.19. The Labute approximate surface area is 104 Å². The summed E-state index contributed by atoms with van der Waals surface area (Å²) in [7, 11) is 0. The minimum absolute atomic E-state index is 0.225. The highest BCUT2D eigenvalue weighted by atomic mass is 16.5. The van der Waals surface area contributed by atoms with Gasteiger partial charge in [-0.05, 0) is 52.6 Å². The summed E-state index contributed by atoms with van der Waals surface area (Å²) in [6.45, 7) is 7.60. The average molecular weight is 242 g/mol. The molecule has 4 heteroatoms. The molecule has 0 aromatic heterocycles. The van der Waals surface area contributed by atoms with E-state index in [1.165, 1.54) is 0 Å². The van der Waals surface area contributed by atoms with Crippen LogP contribution in [0.4, 0.5) is 0 Å². The first-order valence-electron chi connectivity index (χ1n) is 6.80. The Balaban J connectivity index is 1.96. The average Bonchev–Trinajstić information content (AvgIpc) is 2.34. The maximum absolute atomic E-state index is 11.8. The van der Waals surface area contributed by atoms with Crippen LogP contribution in [0.3, 0.4) is 0 Å². The lowest BCUT2D eigenvalue weighted by Crippen LogP contribution is -2.38. The van der Waals surface area contributed by atoms with E-state index in [9.17, 15) is 4.79 Å². The summed E-state index contributed by atoms with van der Waals surface area (Å²) in [6.07, 6.45) is 4.28. The SMILES string of the molecule is CC(C)OCCCCNC(=O)C1CCNCC1. The largest absolute Gasteiger partial charge is 0.379 e. The van der Waals surface area contributed by atoms with Crippen molar-refractivity contribution in [1.29, 1.82) is 0 Å². The number of unbranched alkanes of at least 4 members (excludes halogenated alkanes) is 1. The first-order valence-corrected chi connectivity index (χ1v) is 6.80. The van der Waals surface area contributed by atoms with Gasteiger partial charge in [-0.25, -0.2) is 0 Å². The molecule has 17 heavy (non-hydrogen) atoms. The quantitative estimate of drug-likeness (QED) is 0.662. The van der Waals surface area contributed by atoms with E-state index < -0.39 is 0 Å². The highest BCUT2D eigenvalue weighted by Crippen LogP contribution is 2.11. The number of piperidine rings is 1. The molecule has 1 aliphatic rings. The summed E-state index contributed by atoms with van der Waals surface area (Å²) in [4.78, 5) is 11.8. The summed E-state index contributed by atoms with van der Waals surface area (Å²) in [6, 6.07) is 0. The second kappa shape index (κ2) is 8.48. The molecular weight excluding hydrogens is 216 g/mol. The molecule has 0 aliphatic carbocycles. The van der Waals surface area contributed by atoms with Crippen molar-refractivity contribution in [1.82, 2.24) is 10.6 Å². The van der Waals surface area contributed by atoms with Gasteiger partial charge in [-0.15, -0.1) is 0 Å². The lowest BCUT2D eigenvalue weighted by molar-refractivity contribution is -0.125. The van der Waals surface area contributed by atoms with Gasteiger partial charge >= 0.3 is 0 Å². The van der Waals surface area contributed by atoms with Gasteiger partial charge in [0.1, 0.15) is 0 Å². The summed E-state index contributed by atoms with van der Waals surface area (Å²) in [5.41, 5.74) is 0. The topological polar surface area (TPSA) is 50.4 Å². The predicted octanol–water partition coefficient (Wildman–Crippen LogP) is 1.31. The Hall–Kier alpha value is -0.610. The summed E-state index contributed by atoms with van der Waals surface area (Å²) < 4.78 is 5.44. The van der Waals surface area contributed by atoms with E-state index in [0.29, 0.717) is 6.10 Å². The van der Waals surface area contributed by atoms with Crippen LogP contribution >= 0.6 is 0 Å². The van der Waals surface area contributed by atoms with Crippen LogP contribution in [0.15, 0.2) is 0 Å². The van der Waals surface area contributed by atoms with Crippen molar-refractivity contribution in [3.05, 3.63) is 0 Å². The maximum Gasteiger partial charge on any atom is 0.223 e. The molecule has 1 saturated heterocycles. The molecule has 1 aliphatic heterocycles. The molecule has 0 aromatic rings. The second-order valence-electron chi connectivity index (χ2n) is 4.94. The van der Waals surface area contributed by atoms with Crippen LogP contribution in [-0.2, 0) is 9.53 Å². The fourth-order valence-electron chi connectivity index (χ4n) is 1.99. The third-order valence-electron chi connectivity index (χ3n) is 3.03. The molecule has 2 N–H and O–H groups in total. The van der Waals surface area contributed by atoms with E-state index >= 15 is 0 Å². The molecule has 1 rings (SSSR count). The number of nitrogens with one attached hydrogen (secondary N) is 2. The molecular formula is C13H26N2O2. The Kier molecular flexibility index (Phi) is 7.21. The van der Waals surface area contributed by atoms with E-state index in [1.54, 1.807) is 0 Å². The molecule has 1 amide bonds. The molecule has 100 valence electrons. The summed E-state index contributed by atoms with van der Waals surface area (Å²) in [5, 5.41) is 6.29. The Bertz CT molecular complexity index is 213. The van der Waals surface area contributed by atoms with Crippen molar-refractivity contribution >= 4 is 5.91 Å². The van der Waals surface area contributed by atoms with Crippen molar-refractivity contribution in [3.63, 3.8) is 0 Å². The number of carbonyl (C=O) groups is 1.